The van der Waals surface area contributed by atoms with Crippen molar-refractivity contribution in [3.63, 3.8) is 0 Å². The molecular weight excluding hydrogens is 254 g/mol. The van der Waals surface area contributed by atoms with Crippen LogP contribution >= 0.6 is 0 Å². The highest BCUT2D eigenvalue weighted by atomic mass is 16.5. The molecule has 2 aromatic carbocycles. The summed E-state index contributed by atoms with van der Waals surface area (Å²) in [5.74, 6) is 1.58. The Labute approximate surface area is 116 Å². The minimum Gasteiger partial charge on any atom is -0.495 e. The van der Waals surface area contributed by atoms with Gasteiger partial charge in [0.25, 0.3) is 5.89 Å². The predicted octanol–water partition coefficient (Wildman–Crippen LogP) is 2.99. The Morgan fingerprint density at radius 3 is 2.60 bits per heavy atom. The predicted molar refractivity (Wildman–Crippen MR) is 76.1 cm³/mol. The Morgan fingerprint density at radius 2 is 1.85 bits per heavy atom. The first-order valence-corrected chi connectivity index (χ1v) is 6.11. The zero-order chi connectivity index (χ0) is 13.9. The third-order valence-corrected chi connectivity index (χ3v) is 2.94. The number of methoxy groups -OCH3 is 1. The van der Waals surface area contributed by atoms with Gasteiger partial charge in [-0.1, -0.05) is 23.4 Å². The molecule has 100 valence electrons. The lowest BCUT2D eigenvalue weighted by Crippen LogP contribution is -1.92. The molecular formula is C15H13N3O2. The summed E-state index contributed by atoms with van der Waals surface area (Å²) in [4.78, 5) is 4.38. The van der Waals surface area contributed by atoms with Crippen molar-refractivity contribution < 1.29 is 9.26 Å². The molecule has 0 unspecified atom stereocenters. The Bertz CT molecular complexity index is 723. The molecule has 0 radical (unpaired) electrons. The van der Waals surface area contributed by atoms with E-state index in [2.05, 4.69) is 10.1 Å². The highest BCUT2D eigenvalue weighted by Gasteiger charge is 2.11. The number of nitrogens with two attached hydrogens (primary N) is 1. The molecule has 3 rings (SSSR count). The molecule has 5 nitrogen and oxygen atoms in total. The van der Waals surface area contributed by atoms with Gasteiger partial charge in [0.05, 0.1) is 12.8 Å². The summed E-state index contributed by atoms with van der Waals surface area (Å²) in [6.07, 6.45) is 0. The lowest BCUT2D eigenvalue weighted by molar-refractivity contribution is 0.417. The Hall–Kier alpha value is -2.82. The molecule has 0 fully saturated rings. The highest BCUT2D eigenvalue weighted by molar-refractivity contribution is 5.66. The van der Waals surface area contributed by atoms with E-state index in [-0.39, 0.29) is 0 Å². The van der Waals surface area contributed by atoms with E-state index in [1.165, 1.54) is 0 Å². The van der Waals surface area contributed by atoms with E-state index in [1.807, 2.05) is 36.4 Å². The summed E-state index contributed by atoms with van der Waals surface area (Å²) in [6.45, 7) is 0. The first-order valence-electron chi connectivity index (χ1n) is 6.11. The van der Waals surface area contributed by atoms with E-state index in [0.717, 1.165) is 11.1 Å². The molecule has 0 amide bonds. The third-order valence-electron chi connectivity index (χ3n) is 2.94. The smallest absolute Gasteiger partial charge is 0.258 e. The van der Waals surface area contributed by atoms with Crippen molar-refractivity contribution in [2.75, 3.05) is 12.8 Å². The van der Waals surface area contributed by atoms with E-state index < -0.39 is 0 Å². The van der Waals surface area contributed by atoms with E-state index in [1.54, 1.807) is 19.2 Å². The van der Waals surface area contributed by atoms with Crippen molar-refractivity contribution in [1.82, 2.24) is 10.1 Å². The molecule has 0 spiro atoms. The minimum atomic E-state index is 0.483. The zero-order valence-electron chi connectivity index (χ0n) is 10.9. The van der Waals surface area contributed by atoms with Gasteiger partial charge in [-0.05, 0) is 30.3 Å². The van der Waals surface area contributed by atoms with Crippen LogP contribution in [0.15, 0.2) is 53.1 Å². The van der Waals surface area contributed by atoms with Crippen LogP contribution in [-0.4, -0.2) is 17.3 Å². The number of nitrogen functional groups attached to an aromatic ring is 1. The van der Waals surface area contributed by atoms with Crippen molar-refractivity contribution in [2.24, 2.45) is 0 Å². The molecule has 3 aromatic rings. The molecule has 1 heterocycles. The van der Waals surface area contributed by atoms with Crippen molar-refractivity contribution in [3.05, 3.63) is 48.5 Å². The highest BCUT2D eigenvalue weighted by Crippen LogP contribution is 2.28. The molecule has 0 aliphatic rings. The van der Waals surface area contributed by atoms with Crippen LogP contribution in [0.2, 0.25) is 0 Å². The second-order valence-corrected chi connectivity index (χ2v) is 4.25. The monoisotopic (exact) mass is 267 g/mol. The summed E-state index contributed by atoms with van der Waals surface area (Å²) in [5, 5.41) is 3.99. The third kappa shape index (κ3) is 2.21. The molecule has 0 bridgehead atoms. The first kappa shape index (κ1) is 12.2. The van der Waals surface area contributed by atoms with Gasteiger partial charge in [0.2, 0.25) is 5.82 Å². The van der Waals surface area contributed by atoms with Crippen molar-refractivity contribution in [3.8, 4) is 28.6 Å². The van der Waals surface area contributed by atoms with Crippen LogP contribution in [-0.2, 0) is 0 Å². The van der Waals surface area contributed by atoms with E-state index >= 15 is 0 Å². The minimum absolute atomic E-state index is 0.483. The number of anilines is 1. The van der Waals surface area contributed by atoms with Crippen LogP contribution in [0.5, 0.6) is 5.75 Å². The van der Waals surface area contributed by atoms with Crippen LogP contribution in [0.1, 0.15) is 0 Å². The number of hydrogen-bond donors (Lipinski definition) is 1. The molecule has 0 atom stereocenters. The average Bonchev–Trinajstić information content (AvgIpc) is 2.98. The number of nitrogens with zero attached hydrogens (tertiary/aromatic N) is 2. The van der Waals surface area contributed by atoms with Gasteiger partial charge in [-0.2, -0.15) is 4.98 Å². The SMILES string of the molecule is COc1cc(-c2noc(-c3ccccc3)n2)ccc1N. The maximum Gasteiger partial charge on any atom is 0.258 e. The fourth-order valence-corrected chi connectivity index (χ4v) is 1.89. The molecule has 0 aliphatic heterocycles. The van der Waals surface area contributed by atoms with Gasteiger partial charge in [-0.25, -0.2) is 0 Å². The fourth-order valence-electron chi connectivity index (χ4n) is 1.89. The van der Waals surface area contributed by atoms with E-state index in [4.69, 9.17) is 15.0 Å². The fraction of sp³-hybridized carbons (Fsp3) is 0.0667. The molecule has 20 heavy (non-hydrogen) atoms. The van der Waals surface area contributed by atoms with Crippen LogP contribution < -0.4 is 10.5 Å². The molecule has 0 aliphatic carbocycles. The van der Waals surface area contributed by atoms with Gasteiger partial charge in [-0.3, -0.25) is 0 Å². The van der Waals surface area contributed by atoms with Crippen molar-refractivity contribution >= 4 is 5.69 Å². The molecule has 0 saturated heterocycles. The summed E-state index contributed by atoms with van der Waals surface area (Å²) in [6, 6.07) is 15.0. The normalized spacial score (nSPS) is 10.4. The van der Waals surface area contributed by atoms with Crippen LogP contribution in [0, 0.1) is 0 Å². The second kappa shape index (κ2) is 5.05. The average molecular weight is 267 g/mol. The van der Waals surface area contributed by atoms with Gasteiger partial charge in [0.15, 0.2) is 0 Å². The number of ether oxygens (including phenoxy) is 1. The number of rotatable bonds is 3. The lowest BCUT2D eigenvalue weighted by Gasteiger charge is -2.04. The molecule has 1 aromatic heterocycles. The van der Waals surface area contributed by atoms with Gasteiger partial charge >= 0.3 is 0 Å². The number of aromatic nitrogens is 2. The van der Waals surface area contributed by atoms with Gasteiger partial charge < -0.3 is 15.0 Å². The first-order chi connectivity index (χ1) is 9.78. The van der Waals surface area contributed by atoms with Crippen LogP contribution in [0.4, 0.5) is 5.69 Å². The summed E-state index contributed by atoms with van der Waals surface area (Å²) in [5.41, 5.74) is 8.03. The lowest BCUT2D eigenvalue weighted by atomic mass is 10.2. The second-order valence-electron chi connectivity index (χ2n) is 4.25. The van der Waals surface area contributed by atoms with Crippen LogP contribution in [0.25, 0.3) is 22.8 Å². The number of hydrogen-bond acceptors (Lipinski definition) is 5. The van der Waals surface area contributed by atoms with Gasteiger partial charge in [-0.15, -0.1) is 0 Å². The standard InChI is InChI=1S/C15H13N3O2/c1-19-13-9-11(7-8-12(13)16)14-17-15(20-18-14)10-5-3-2-4-6-10/h2-9H,16H2,1H3. The van der Waals surface area contributed by atoms with Crippen molar-refractivity contribution in [1.29, 1.82) is 0 Å². The van der Waals surface area contributed by atoms with E-state index in [0.29, 0.717) is 23.2 Å². The molecule has 5 heteroatoms. The quantitative estimate of drug-likeness (QED) is 0.738. The summed E-state index contributed by atoms with van der Waals surface area (Å²) in [7, 11) is 1.57. The molecule has 0 saturated carbocycles. The maximum atomic E-state index is 5.79. The Balaban J connectivity index is 1.98. The molecule has 2 N–H and O–H groups in total. The summed E-state index contributed by atoms with van der Waals surface area (Å²) >= 11 is 0. The maximum absolute atomic E-state index is 5.79. The van der Waals surface area contributed by atoms with Gasteiger partial charge in [0.1, 0.15) is 5.75 Å². The topological polar surface area (TPSA) is 74.2 Å². The Morgan fingerprint density at radius 1 is 1.05 bits per heavy atom. The van der Waals surface area contributed by atoms with Crippen LogP contribution in [0.3, 0.4) is 0 Å². The Kier molecular flexibility index (Phi) is 3.09. The zero-order valence-corrected chi connectivity index (χ0v) is 10.9. The van der Waals surface area contributed by atoms with E-state index in [9.17, 15) is 0 Å². The summed E-state index contributed by atoms with van der Waals surface area (Å²) < 4.78 is 10.5. The van der Waals surface area contributed by atoms with Crippen molar-refractivity contribution in [2.45, 2.75) is 0 Å². The number of benzene rings is 2. The van der Waals surface area contributed by atoms with Gasteiger partial charge in [0, 0.05) is 11.1 Å². The largest absolute Gasteiger partial charge is 0.495 e.